The quantitative estimate of drug-likeness (QED) is 0.856. The van der Waals surface area contributed by atoms with Crippen LogP contribution < -0.4 is 5.32 Å². The highest BCUT2D eigenvalue weighted by molar-refractivity contribution is 6.34. The first-order chi connectivity index (χ1) is 8.97. The third kappa shape index (κ3) is 3.15. The van der Waals surface area contributed by atoms with Crippen molar-refractivity contribution < 1.29 is 4.79 Å². The molecule has 0 heterocycles. The van der Waals surface area contributed by atoms with Crippen LogP contribution in [0.3, 0.4) is 0 Å². The monoisotopic (exact) mass is 273 g/mol. The average molecular weight is 274 g/mol. The van der Waals surface area contributed by atoms with Gasteiger partial charge in [-0.1, -0.05) is 23.7 Å². The third-order valence-corrected chi connectivity index (χ3v) is 3.45. The summed E-state index contributed by atoms with van der Waals surface area (Å²) < 4.78 is 0. The molecule has 0 aromatic heterocycles. The maximum atomic E-state index is 12.1. The van der Waals surface area contributed by atoms with Crippen LogP contribution >= 0.6 is 11.6 Å². The second kappa shape index (κ2) is 5.45. The van der Waals surface area contributed by atoms with Crippen molar-refractivity contribution in [2.24, 2.45) is 0 Å². The lowest BCUT2D eigenvalue weighted by Gasteiger charge is -2.09. The van der Waals surface area contributed by atoms with Crippen LogP contribution in [-0.4, -0.2) is 5.91 Å². The second-order valence-electron chi connectivity index (χ2n) is 4.74. The van der Waals surface area contributed by atoms with E-state index in [1.807, 2.05) is 57.2 Å². The fraction of sp³-hybridized carbons (Fsp3) is 0.188. The van der Waals surface area contributed by atoms with Gasteiger partial charge in [0.2, 0.25) is 0 Å². The summed E-state index contributed by atoms with van der Waals surface area (Å²) in [4.78, 5) is 12.1. The standard InChI is InChI=1S/C16H16ClNO/c1-10-4-7-15(14(17)8-10)18-16(19)13-6-5-11(2)12(3)9-13/h4-9H,1-3H3,(H,18,19). The highest BCUT2D eigenvalue weighted by Crippen LogP contribution is 2.23. The molecule has 1 N–H and O–H groups in total. The largest absolute Gasteiger partial charge is 0.321 e. The topological polar surface area (TPSA) is 29.1 Å². The first-order valence-corrected chi connectivity index (χ1v) is 6.50. The average Bonchev–Trinajstić information content (AvgIpc) is 2.36. The maximum absolute atomic E-state index is 12.1. The van der Waals surface area contributed by atoms with E-state index in [9.17, 15) is 4.79 Å². The predicted octanol–water partition coefficient (Wildman–Crippen LogP) is 4.52. The maximum Gasteiger partial charge on any atom is 0.255 e. The molecule has 0 bridgehead atoms. The van der Waals surface area contributed by atoms with E-state index < -0.39 is 0 Å². The Balaban J connectivity index is 2.23. The van der Waals surface area contributed by atoms with E-state index in [4.69, 9.17) is 11.6 Å². The molecule has 98 valence electrons. The van der Waals surface area contributed by atoms with Gasteiger partial charge in [-0.3, -0.25) is 4.79 Å². The van der Waals surface area contributed by atoms with Crippen molar-refractivity contribution in [1.82, 2.24) is 0 Å². The second-order valence-corrected chi connectivity index (χ2v) is 5.14. The fourth-order valence-electron chi connectivity index (χ4n) is 1.80. The Bertz CT molecular complexity index is 635. The van der Waals surface area contributed by atoms with Crippen LogP contribution in [0.4, 0.5) is 5.69 Å². The molecular weight excluding hydrogens is 258 g/mol. The Hall–Kier alpha value is -1.80. The van der Waals surface area contributed by atoms with Gasteiger partial charge in [0, 0.05) is 5.56 Å². The van der Waals surface area contributed by atoms with Crippen LogP contribution in [0, 0.1) is 20.8 Å². The van der Waals surface area contributed by atoms with Gasteiger partial charge >= 0.3 is 0 Å². The molecule has 0 aliphatic heterocycles. The van der Waals surface area contributed by atoms with Crippen molar-refractivity contribution in [3.05, 3.63) is 63.7 Å². The zero-order chi connectivity index (χ0) is 14.0. The number of halogens is 1. The van der Waals surface area contributed by atoms with Crippen molar-refractivity contribution in [3.8, 4) is 0 Å². The highest BCUT2D eigenvalue weighted by atomic mass is 35.5. The molecule has 1 amide bonds. The summed E-state index contributed by atoms with van der Waals surface area (Å²) >= 11 is 6.10. The van der Waals surface area contributed by atoms with Crippen molar-refractivity contribution >= 4 is 23.2 Å². The molecule has 2 aromatic rings. The van der Waals surface area contributed by atoms with E-state index in [2.05, 4.69) is 5.32 Å². The summed E-state index contributed by atoms with van der Waals surface area (Å²) in [6.07, 6.45) is 0. The minimum atomic E-state index is -0.145. The van der Waals surface area contributed by atoms with Gasteiger partial charge in [-0.2, -0.15) is 0 Å². The van der Waals surface area contributed by atoms with E-state index in [-0.39, 0.29) is 5.91 Å². The Kier molecular flexibility index (Phi) is 3.91. The van der Waals surface area contributed by atoms with Gasteiger partial charge in [0.05, 0.1) is 10.7 Å². The van der Waals surface area contributed by atoms with E-state index in [0.29, 0.717) is 16.3 Å². The zero-order valence-electron chi connectivity index (χ0n) is 11.3. The number of carbonyl (C=O) groups excluding carboxylic acids is 1. The minimum Gasteiger partial charge on any atom is -0.321 e. The molecule has 0 saturated carbocycles. The number of rotatable bonds is 2. The summed E-state index contributed by atoms with van der Waals surface area (Å²) in [5, 5.41) is 3.38. The predicted molar refractivity (Wildman–Crippen MR) is 80.1 cm³/mol. The number of benzene rings is 2. The molecule has 0 aliphatic carbocycles. The zero-order valence-corrected chi connectivity index (χ0v) is 12.0. The van der Waals surface area contributed by atoms with E-state index in [1.165, 1.54) is 5.56 Å². The molecular formula is C16H16ClNO. The van der Waals surface area contributed by atoms with Crippen LogP contribution in [0.2, 0.25) is 5.02 Å². The van der Waals surface area contributed by atoms with Crippen LogP contribution in [-0.2, 0) is 0 Å². The molecule has 0 unspecified atom stereocenters. The normalized spacial score (nSPS) is 10.3. The van der Waals surface area contributed by atoms with Crippen LogP contribution in [0.5, 0.6) is 0 Å². The number of amides is 1. The molecule has 0 saturated heterocycles. The first-order valence-electron chi connectivity index (χ1n) is 6.12. The Morgan fingerprint density at radius 2 is 1.74 bits per heavy atom. The summed E-state index contributed by atoms with van der Waals surface area (Å²) in [6, 6.07) is 11.2. The molecule has 0 spiro atoms. The summed E-state index contributed by atoms with van der Waals surface area (Å²) in [7, 11) is 0. The van der Waals surface area contributed by atoms with Gasteiger partial charge in [-0.25, -0.2) is 0 Å². The van der Waals surface area contributed by atoms with Gasteiger partial charge in [0.1, 0.15) is 0 Å². The number of hydrogen-bond donors (Lipinski definition) is 1. The number of carbonyl (C=O) groups is 1. The molecule has 19 heavy (non-hydrogen) atoms. The lowest BCUT2D eigenvalue weighted by molar-refractivity contribution is 0.102. The number of anilines is 1. The van der Waals surface area contributed by atoms with Gasteiger partial charge in [-0.15, -0.1) is 0 Å². The SMILES string of the molecule is Cc1ccc(NC(=O)c2ccc(C)c(C)c2)c(Cl)c1. The minimum absolute atomic E-state index is 0.145. The van der Waals surface area contributed by atoms with E-state index >= 15 is 0 Å². The summed E-state index contributed by atoms with van der Waals surface area (Å²) in [5.74, 6) is -0.145. The van der Waals surface area contributed by atoms with E-state index in [0.717, 1.165) is 11.1 Å². The molecule has 3 heteroatoms. The molecule has 2 rings (SSSR count). The smallest absolute Gasteiger partial charge is 0.255 e. The number of nitrogens with one attached hydrogen (secondary N) is 1. The van der Waals surface area contributed by atoms with Crippen molar-refractivity contribution in [2.45, 2.75) is 20.8 Å². The van der Waals surface area contributed by atoms with Gasteiger partial charge in [0.25, 0.3) is 5.91 Å². The number of hydrogen-bond acceptors (Lipinski definition) is 1. The van der Waals surface area contributed by atoms with Crippen LogP contribution in [0.1, 0.15) is 27.0 Å². The van der Waals surface area contributed by atoms with Gasteiger partial charge in [-0.05, 0) is 61.7 Å². The van der Waals surface area contributed by atoms with Crippen LogP contribution in [0.25, 0.3) is 0 Å². The number of aryl methyl sites for hydroxylation is 3. The van der Waals surface area contributed by atoms with Crippen molar-refractivity contribution in [1.29, 1.82) is 0 Å². The lowest BCUT2D eigenvalue weighted by Crippen LogP contribution is -2.12. The van der Waals surface area contributed by atoms with Gasteiger partial charge in [0.15, 0.2) is 0 Å². The fourth-order valence-corrected chi connectivity index (χ4v) is 2.08. The lowest BCUT2D eigenvalue weighted by atomic mass is 10.1. The Morgan fingerprint density at radius 1 is 1.00 bits per heavy atom. The third-order valence-electron chi connectivity index (χ3n) is 3.14. The molecule has 2 nitrogen and oxygen atoms in total. The molecule has 0 aliphatic rings. The van der Waals surface area contributed by atoms with E-state index in [1.54, 1.807) is 0 Å². The molecule has 2 aromatic carbocycles. The molecule has 0 atom stereocenters. The van der Waals surface area contributed by atoms with Crippen molar-refractivity contribution in [3.63, 3.8) is 0 Å². The van der Waals surface area contributed by atoms with Gasteiger partial charge < -0.3 is 5.32 Å². The highest BCUT2D eigenvalue weighted by Gasteiger charge is 2.09. The summed E-state index contributed by atoms with van der Waals surface area (Å²) in [6.45, 7) is 5.97. The molecule has 0 radical (unpaired) electrons. The molecule has 0 fully saturated rings. The Labute approximate surface area is 118 Å². The Morgan fingerprint density at radius 3 is 2.37 bits per heavy atom. The first kappa shape index (κ1) is 13.6. The summed E-state index contributed by atoms with van der Waals surface area (Å²) in [5.41, 5.74) is 4.61. The van der Waals surface area contributed by atoms with Crippen molar-refractivity contribution in [2.75, 3.05) is 5.32 Å². The van der Waals surface area contributed by atoms with Crippen LogP contribution in [0.15, 0.2) is 36.4 Å².